The standard InChI is InChI=1S/C16H24N2O2/c1-3-4-7-11-18-14-9-6-5-8-13(14)17(2)15(10-12-19)16(18)20/h5-6,8-9,15,19H,3-4,7,10-12H2,1-2H3. The number of amides is 1. The van der Waals surface area contributed by atoms with Gasteiger partial charge in [-0.15, -0.1) is 0 Å². The maximum absolute atomic E-state index is 12.7. The second-order valence-corrected chi connectivity index (χ2v) is 5.32. The fraction of sp³-hybridized carbons (Fsp3) is 0.562. The Bertz CT molecular complexity index is 462. The number of likely N-dealkylation sites (N-methyl/N-ethyl adjacent to an activating group) is 1. The van der Waals surface area contributed by atoms with Gasteiger partial charge in [-0.2, -0.15) is 0 Å². The molecule has 0 bridgehead atoms. The number of hydrogen-bond donors (Lipinski definition) is 1. The zero-order valence-corrected chi connectivity index (χ0v) is 12.4. The van der Waals surface area contributed by atoms with Crippen LogP contribution in [0.25, 0.3) is 0 Å². The molecule has 0 fully saturated rings. The molecular weight excluding hydrogens is 252 g/mol. The first-order valence-electron chi connectivity index (χ1n) is 7.44. The smallest absolute Gasteiger partial charge is 0.249 e. The summed E-state index contributed by atoms with van der Waals surface area (Å²) in [4.78, 5) is 16.5. The molecule has 1 heterocycles. The summed E-state index contributed by atoms with van der Waals surface area (Å²) < 4.78 is 0. The Morgan fingerprint density at radius 2 is 1.90 bits per heavy atom. The minimum absolute atomic E-state index is 0.0334. The minimum atomic E-state index is -0.253. The van der Waals surface area contributed by atoms with Crippen molar-refractivity contribution in [2.75, 3.05) is 30.0 Å². The van der Waals surface area contributed by atoms with Crippen LogP contribution in [0.1, 0.15) is 32.6 Å². The molecule has 2 rings (SSSR count). The van der Waals surface area contributed by atoms with Gasteiger partial charge in [0.1, 0.15) is 6.04 Å². The quantitative estimate of drug-likeness (QED) is 0.811. The van der Waals surface area contributed by atoms with E-state index in [1.165, 1.54) is 0 Å². The molecule has 1 unspecified atom stereocenters. The van der Waals surface area contributed by atoms with Gasteiger partial charge in [-0.1, -0.05) is 31.9 Å². The van der Waals surface area contributed by atoms with Crippen molar-refractivity contribution in [3.8, 4) is 0 Å². The molecule has 20 heavy (non-hydrogen) atoms. The largest absolute Gasteiger partial charge is 0.396 e. The van der Waals surface area contributed by atoms with E-state index in [1.54, 1.807) is 0 Å². The molecule has 1 aliphatic heterocycles. The molecule has 1 atom stereocenters. The predicted octanol–water partition coefficient (Wildman–Crippen LogP) is 2.41. The Kier molecular flexibility index (Phi) is 5.01. The number of carbonyl (C=O) groups excluding carboxylic acids is 1. The van der Waals surface area contributed by atoms with Crippen LogP contribution in [0, 0.1) is 0 Å². The van der Waals surface area contributed by atoms with Gasteiger partial charge in [0.2, 0.25) is 5.91 Å². The summed E-state index contributed by atoms with van der Waals surface area (Å²) in [6, 6.07) is 7.76. The third-order valence-electron chi connectivity index (χ3n) is 3.96. The van der Waals surface area contributed by atoms with Crippen molar-refractivity contribution in [1.29, 1.82) is 0 Å². The average Bonchev–Trinajstić information content (AvgIpc) is 2.47. The van der Waals surface area contributed by atoms with Gasteiger partial charge in [-0.25, -0.2) is 0 Å². The monoisotopic (exact) mass is 276 g/mol. The average molecular weight is 276 g/mol. The lowest BCUT2D eigenvalue weighted by Crippen LogP contribution is -2.52. The van der Waals surface area contributed by atoms with Crippen LogP contribution in [0.4, 0.5) is 11.4 Å². The molecule has 1 aromatic carbocycles. The molecule has 4 nitrogen and oxygen atoms in total. The molecule has 0 saturated carbocycles. The lowest BCUT2D eigenvalue weighted by molar-refractivity contribution is -0.120. The van der Waals surface area contributed by atoms with Crippen LogP contribution in [0.15, 0.2) is 24.3 Å². The van der Waals surface area contributed by atoms with E-state index in [2.05, 4.69) is 6.92 Å². The van der Waals surface area contributed by atoms with Crippen molar-refractivity contribution in [3.63, 3.8) is 0 Å². The van der Waals surface area contributed by atoms with E-state index < -0.39 is 0 Å². The van der Waals surface area contributed by atoms with Gasteiger partial charge in [-0.3, -0.25) is 4.79 Å². The van der Waals surface area contributed by atoms with Gasteiger partial charge < -0.3 is 14.9 Å². The number of unbranched alkanes of at least 4 members (excludes halogenated alkanes) is 2. The van der Waals surface area contributed by atoms with Crippen molar-refractivity contribution < 1.29 is 9.90 Å². The van der Waals surface area contributed by atoms with Crippen LogP contribution >= 0.6 is 0 Å². The topological polar surface area (TPSA) is 43.8 Å². The van der Waals surface area contributed by atoms with Gasteiger partial charge in [-0.05, 0) is 25.0 Å². The summed E-state index contributed by atoms with van der Waals surface area (Å²) >= 11 is 0. The highest BCUT2D eigenvalue weighted by atomic mass is 16.3. The number of nitrogens with zero attached hydrogens (tertiary/aromatic N) is 2. The molecule has 1 aliphatic rings. The van der Waals surface area contributed by atoms with Crippen molar-refractivity contribution in [1.82, 2.24) is 0 Å². The van der Waals surface area contributed by atoms with Crippen molar-refractivity contribution in [2.24, 2.45) is 0 Å². The number of rotatable bonds is 6. The lowest BCUT2D eigenvalue weighted by Gasteiger charge is -2.41. The highest BCUT2D eigenvalue weighted by Crippen LogP contribution is 2.35. The predicted molar refractivity (Wildman–Crippen MR) is 82.2 cm³/mol. The third-order valence-corrected chi connectivity index (χ3v) is 3.96. The number of aliphatic hydroxyl groups is 1. The Morgan fingerprint density at radius 1 is 1.20 bits per heavy atom. The Morgan fingerprint density at radius 3 is 2.55 bits per heavy atom. The first-order chi connectivity index (χ1) is 9.70. The van der Waals surface area contributed by atoms with E-state index in [0.717, 1.165) is 37.2 Å². The van der Waals surface area contributed by atoms with E-state index in [1.807, 2.05) is 41.1 Å². The van der Waals surface area contributed by atoms with Crippen LogP contribution in [-0.4, -0.2) is 37.3 Å². The van der Waals surface area contributed by atoms with E-state index in [0.29, 0.717) is 6.42 Å². The van der Waals surface area contributed by atoms with Gasteiger partial charge in [0.15, 0.2) is 0 Å². The van der Waals surface area contributed by atoms with Crippen molar-refractivity contribution in [3.05, 3.63) is 24.3 Å². The minimum Gasteiger partial charge on any atom is -0.396 e. The summed E-state index contributed by atoms with van der Waals surface area (Å²) in [5.74, 6) is 0.108. The molecular formula is C16H24N2O2. The zero-order valence-electron chi connectivity index (χ0n) is 12.4. The number of benzene rings is 1. The first kappa shape index (κ1) is 14.9. The summed E-state index contributed by atoms with van der Waals surface area (Å²) in [5.41, 5.74) is 2.06. The van der Waals surface area contributed by atoms with Crippen LogP contribution in [0.5, 0.6) is 0 Å². The molecule has 1 amide bonds. The van der Waals surface area contributed by atoms with E-state index in [4.69, 9.17) is 0 Å². The number of fused-ring (bicyclic) bond motifs is 1. The number of aliphatic hydroxyl groups excluding tert-OH is 1. The molecule has 4 heteroatoms. The molecule has 0 saturated heterocycles. The lowest BCUT2D eigenvalue weighted by atomic mass is 10.0. The van der Waals surface area contributed by atoms with Gasteiger partial charge in [0.25, 0.3) is 0 Å². The zero-order chi connectivity index (χ0) is 14.5. The molecule has 110 valence electrons. The number of hydrogen-bond acceptors (Lipinski definition) is 3. The summed E-state index contributed by atoms with van der Waals surface area (Å²) in [6.07, 6.45) is 3.77. The molecule has 0 aliphatic carbocycles. The molecule has 0 radical (unpaired) electrons. The van der Waals surface area contributed by atoms with Gasteiger partial charge >= 0.3 is 0 Å². The van der Waals surface area contributed by atoms with Crippen LogP contribution in [-0.2, 0) is 4.79 Å². The second-order valence-electron chi connectivity index (χ2n) is 5.32. The summed E-state index contributed by atoms with van der Waals surface area (Å²) in [7, 11) is 1.93. The number of para-hydroxylation sites is 2. The SMILES string of the molecule is CCCCCN1C(=O)C(CCO)N(C)c2ccccc21. The molecule has 1 N–H and O–H groups in total. The van der Waals surface area contributed by atoms with Gasteiger partial charge in [0, 0.05) is 20.2 Å². The van der Waals surface area contributed by atoms with Crippen LogP contribution in [0.3, 0.4) is 0 Å². The van der Waals surface area contributed by atoms with Crippen molar-refractivity contribution >= 4 is 17.3 Å². The Hall–Kier alpha value is -1.55. The maximum atomic E-state index is 12.7. The fourth-order valence-electron chi connectivity index (χ4n) is 2.81. The Balaban J connectivity index is 2.28. The molecule has 0 aromatic heterocycles. The Labute approximate surface area is 121 Å². The first-order valence-corrected chi connectivity index (χ1v) is 7.44. The van der Waals surface area contributed by atoms with Crippen molar-refractivity contribution in [2.45, 2.75) is 38.6 Å². The summed E-state index contributed by atoms with van der Waals surface area (Å²) in [6.45, 7) is 2.96. The normalized spacial score (nSPS) is 18.4. The number of carbonyl (C=O) groups is 1. The molecule has 0 spiro atoms. The van der Waals surface area contributed by atoms with Crippen LogP contribution < -0.4 is 9.80 Å². The second kappa shape index (κ2) is 6.75. The maximum Gasteiger partial charge on any atom is 0.249 e. The van der Waals surface area contributed by atoms with E-state index in [-0.39, 0.29) is 18.6 Å². The van der Waals surface area contributed by atoms with E-state index in [9.17, 15) is 9.90 Å². The highest BCUT2D eigenvalue weighted by molar-refractivity contribution is 6.05. The van der Waals surface area contributed by atoms with E-state index >= 15 is 0 Å². The molecule has 1 aromatic rings. The summed E-state index contributed by atoms with van der Waals surface area (Å²) in [5, 5.41) is 9.21. The van der Waals surface area contributed by atoms with Gasteiger partial charge in [0.05, 0.1) is 11.4 Å². The van der Waals surface area contributed by atoms with Crippen LogP contribution in [0.2, 0.25) is 0 Å². The third kappa shape index (κ3) is 2.80. The fourth-order valence-corrected chi connectivity index (χ4v) is 2.81. The number of anilines is 2. The highest BCUT2D eigenvalue weighted by Gasteiger charge is 2.35.